The monoisotopic (exact) mass is 347 g/mol. The van der Waals surface area contributed by atoms with Crippen LogP contribution in [0.1, 0.15) is 50.3 Å². The summed E-state index contributed by atoms with van der Waals surface area (Å²) in [6.45, 7) is 6.40. The van der Waals surface area contributed by atoms with Crippen molar-refractivity contribution in [3.8, 4) is 11.5 Å². The number of halogens is 1. The Morgan fingerprint density at radius 1 is 1.05 bits per heavy atom. The first-order valence-electron chi connectivity index (χ1n) is 7.34. The predicted molar refractivity (Wildman–Crippen MR) is 92.0 cm³/mol. The number of rotatable bonds is 5. The standard InChI is InChI=1S/C18H22BrNO/c1-4-12(2)14-5-7-15(8-6-14)21-16-9-10-17(13(3)20)18(19)11-16/h5-13H,4,20H2,1-3H3. The third-order valence-electron chi connectivity index (χ3n) is 3.76. The number of hydrogen-bond donors (Lipinski definition) is 1. The van der Waals surface area contributed by atoms with Crippen molar-refractivity contribution in [1.29, 1.82) is 0 Å². The second kappa shape index (κ2) is 7.10. The van der Waals surface area contributed by atoms with Crippen LogP contribution in [0, 0.1) is 0 Å². The van der Waals surface area contributed by atoms with Crippen molar-refractivity contribution in [2.75, 3.05) is 0 Å². The van der Waals surface area contributed by atoms with Gasteiger partial charge in [-0.25, -0.2) is 0 Å². The lowest BCUT2D eigenvalue weighted by atomic mass is 9.99. The number of hydrogen-bond acceptors (Lipinski definition) is 2. The molecular formula is C18H22BrNO. The minimum absolute atomic E-state index is 0.00300. The van der Waals surface area contributed by atoms with Crippen LogP contribution in [0.15, 0.2) is 46.9 Å². The molecule has 0 radical (unpaired) electrons. The molecule has 0 aliphatic carbocycles. The molecule has 2 rings (SSSR count). The largest absolute Gasteiger partial charge is 0.457 e. The van der Waals surface area contributed by atoms with Gasteiger partial charge in [0.1, 0.15) is 11.5 Å². The molecule has 0 saturated carbocycles. The summed E-state index contributed by atoms with van der Waals surface area (Å²) in [4.78, 5) is 0. The lowest BCUT2D eigenvalue weighted by Gasteiger charge is -2.12. The minimum Gasteiger partial charge on any atom is -0.457 e. The van der Waals surface area contributed by atoms with Gasteiger partial charge in [-0.1, -0.05) is 48.0 Å². The Morgan fingerprint density at radius 2 is 1.67 bits per heavy atom. The van der Waals surface area contributed by atoms with Gasteiger partial charge < -0.3 is 10.5 Å². The van der Waals surface area contributed by atoms with Gasteiger partial charge in [-0.3, -0.25) is 0 Å². The first kappa shape index (κ1) is 16.1. The molecule has 0 fully saturated rings. The van der Waals surface area contributed by atoms with E-state index in [1.165, 1.54) is 5.56 Å². The summed E-state index contributed by atoms with van der Waals surface area (Å²) in [6.07, 6.45) is 1.14. The first-order chi connectivity index (χ1) is 10.0. The molecule has 2 aromatic rings. The molecule has 0 heterocycles. The first-order valence-corrected chi connectivity index (χ1v) is 8.13. The van der Waals surface area contributed by atoms with Crippen LogP contribution in [0.25, 0.3) is 0 Å². The van der Waals surface area contributed by atoms with Crippen molar-refractivity contribution in [2.24, 2.45) is 5.73 Å². The van der Waals surface area contributed by atoms with Crippen LogP contribution in [-0.4, -0.2) is 0 Å². The summed E-state index contributed by atoms with van der Waals surface area (Å²) in [6, 6.07) is 14.2. The normalized spacial score (nSPS) is 13.8. The van der Waals surface area contributed by atoms with Crippen molar-refractivity contribution in [3.05, 3.63) is 58.1 Å². The van der Waals surface area contributed by atoms with Crippen molar-refractivity contribution in [3.63, 3.8) is 0 Å². The van der Waals surface area contributed by atoms with Gasteiger partial charge in [0.15, 0.2) is 0 Å². The van der Waals surface area contributed by atoms with E-state index in [1.807, 2.05) is 37.3 Å². The Morgan fingerprint density at radius 3 is 2.19 bits per heavy atom. The van der Waals surface area contributed by atoms with Gasteiger partial charge in [-0.2, -0.15) is 0 Å². The molecular weight excluding hydrogens is 326 g/mol. The van der Waals surface area contributed by atoms with Crippen molar-refractivity contribution in [2.45, 2.75) is 39.2 Å². The Bertz CT molecular complexity index is 593. The maximum Gasteiger partial charge on any atom is 0.128 e. The lowest BCUT2D eigenvalue weighted by molar-refractivity contribution is 0.481. The highest BCUT2D eigenvalue weighted by molar-refractivity contribution is 9.10. The molecule has 0 aliphatic rings. The summed E-state index contributed by atoms with van der Waals surface area (Å²) < 4.78 is 6.87. The summed E-state index contributed by atoms with van der Waals surface area (Å²) in [5, 5.41) is 0. The molecule has 0 aromatic heterocycles. The fourth-order valence-corrected chi connectivity index (χ4v) is 2.90. The highest BCUT2D eigenvalue weighted by atomic mass is 79.9. The molecule has 2 atom stereocenters. The third-order valence-corrected chi connectivity index (χ3v) is 4.45. The van der Waals surface area contributed by atoms with Crippen LogP contribution in [0.5, 0.6) is 11.5 Å². The van der Waals surface area contributed by atoms with Gasteiger partial charge in [0.25, 0.3) is 0 Å². The molecule has 3 heteroatoms. The van der Waals surface area contributed by atoms with Crippen LogP contribution < -0.4 is 10.5 Å². The van der Waals surface area contributed by atoms with E-state index >= 15 is 0 Å². The molecule has 2 N–H and O–H groups in total. The Kier molecular flexibility index (Phi) is 5.43. The van der Waals surface area contributed by atoms with Crippen molar-refractivity contribution in [1.82, 2.24) is 0 Å². The van der Waals surface area contributed by atoms with E-state index in [4.69, 9.17) is 10.5 Å². The van der Waals surface area contributed by atoms with Gasteiger partial charge in [0, 0.05) is 10.5 Å². The van der Waals surface area contributed by atoms with Gasteiger partial charge >= 0.3 is 0 Å². The topological polar surface area (TPSA) is 35.2 Å². The molecule has 0 spiro atoms. The van der Waals surface area contributed by atoms with E-state index in [0.717, 1.165) is 28.0 Å². The van der Waals surface area contributed by atoms with Gasteiger partial charge in [0.2, 0.25) is 0 Å². The van der Waals surface area contributed by atoms with Crippen LogP contribution in [0.2, 0.25) is 0 Å². The SMILES string of the molecule is CCC(C)c1ccc(Oc2ccc(C(C)N)c(Br)c2)cc1. The Labute approximate surface area is 135 Å². The zero-order chi connectivity index (χ0) is 15.4. The summed E-state index contributed by atoms with van der Waals surface area (Å²) >= 11 is 3.54. The van der Waals surface area contributed by atoms with Gasteiger partial charge in [-0.15, -0.1) is 0 Å². The molecule has 0 amide bonds. The van der Waals surface area contributed by atoms with Gasteiger partial charge in [-0.05, 0) is 54.7 Å². The molecule has 0 saturated heterocycles. The van der Waals surface area contributed by atoms with Crippen molar-refractivity contribution >= 4 is 15.9 Å². The van der Waals surface area contributed by atoms with E-state index in [9.17, 15) is 0 Å². The van der Waals surface area contributed by atoms with Crippen molar-refractivity contribution < 1.29 is 4.74 Å². The van der Waals surface area contributed by atoms with Crippen LogP contribution in [0.3, 0.4) is 0 Å². The molecule has 21 heavy (non-hydrogen) atoms. The van der Waals surface area contributed by atoms with E-state index < -0.39 is 0 Å². The second-order valence-corrected chi connectivity index (χ2v) is 6.31. The minimum atomic E-state index is 0.00300. The highest BCUT2D eigenvalue weighted by Gasteiger charge is 2.07. The quantitative estimate of drug-likeness (QED) is 0.744. The third kappa shape index (κ3) is 4.08. The van der Waals surface area contributed by atoms with Crippen LogP contribution in [-0.2, 0) is 0 Å². The van der Waals surface area contributed by atoms with E-state index in [1.54, 1.807) is 0 Å². The smallest absolute Gasteiger partial charge is 0.128 e. The number of nitrogens with two attached hydrogens (primary N) is 1. The molecule has 2 nitrogen and oxygen atoms in total. The molecule has 2 unspecified atom stereocenters. The molecule has 0 aliphatic heterocycles. The average molecular weight is 348 g/mol. The predicted octanol–water partition coefficient (Wildman–Crippen LogP) is 5.77. The maximum atomic E-state index is 5.90. The van der Waals surface area contributed by atoms with Gasteiger partial charge in [0.05, 0.1) is 0 Å². The zero-order valence-corrected chi connectivity index (χ0v) is 14.4. The van der Waals surface area contributed by atoms with Crippen LogP contribution >= 0.6 is 15.9 Å². The lowest BCUT2D eigenvalue weighted by Crippen LogP contribution is -2.05. The highest BCUT2D eigenvalue weighted by Crippen LogP contribution is 2.30. The van der Waals surface area contributed by atoms with Crippen LogP contribution in [0.4, 0.5) is 0 Å². The number of benzene rings is 2. The Balaban J connectivity index is 2.13. The average Bonchev–Trinajstić information content (AvgIpc) is 2.47. The van der Waals surface area contributed by atoms with E-state index in [-0.39, 0.29) is 6.04 Å². The second-order valence-electron chi connectivity index (χ2n) is 5.45. The fourth-order valence-electron chi connectivity index (χ4n) is 2.18. The zero-order valence-electron chi connectivity index (χ0n) is 12.8. The Hall–Kier alpha value is -1.32. The molecule has 112 valence electrons. The maximum absolute atomic E-state index is 5.90. The van der Waals surface area contributed by atoms with E-state index in [2.05, 4.69) is 41.9 Å². The summed E-state index contributed by atoms with van der Waals surface area (Å²) in [5.41, 5.74) is 8.33. The number of ether oxygens (including phenoxy) is 1. The molecule has 0 bridgehead atoms. The van der Waals surface area contributed by atoms with E-state index in [0.29, 0.717) is 5.92 Å². The summed E-state index contributed by atoms with van der Waals surface area (Å²) in [5.74, 6) is 2.24. The molecule has 2 aromatic carbocycles. The fraction of sp³-hybridized carbons (Fsp3) is 0.333. The summed E-state index contributed by atoms with van der Waals surface area (Å²) in [7, 11) is 0.